The largest absolute Gasteiger partial charge is 0.379 e. The monoisotopic (exact) mass is 411 g/mol. The van der Waals surface area contributed by atoms with Gasteiger partial charge in [-0.25, -0.2) is 5.01 Å². The van der Waals surface area contributed by atoms with Gasteiger partial charge < -0.3 is 4.74 Å². The van der Waals surface area contributed by atoms with Crippen molar-refractivity contribution in [3.8, 4) is 0 Å². The molecule has 0 bridgehead atoms. The summed E-state index contributed by atoms with van der Waals surface area (Å²) in [5, 5.41) is 7.14. The van der Waals surface area contributed by atoms with Gasteiger partial charge in [0.25, 0.3) is 5.91 Å². The van der Waals surface area contributed by atoms with Gasteiger partial charge in [0.05, 0.1) is 31.5 Å². The first-order valence-electron chi connectivity index (χ1n) is 10.0. The summed E-state index contributed by atoms with van der Waals surface area (Å²) < 4.78 is 5.40. The van der Waals surface area contributed by atoms with Crippen molar-refractivity contribution in [1.29, 1.82) is 0 Å². The van der Waals surface area contributed by atoms with Crippen molar-refractivity contribution in [2.24, 2.45) is 5.10 Å². The van der Waals surface area contributed by atoms with Crippen molar-refractivity contribution < 1.29 is 9.53 Å². The first-order valence-corrected chi connectivity index (χ1v) is 10.4. The fourth-order valence-electron chi connectivity index (χ4n) is 3.80. The Kier molecular flexibility index (Phi) is 5.99. The van der Waals surface area contributed by atoms with Gasteiger partial charge in [-0.2, -0.15) is 5.10 Å². The van der Waals surface area contributed by atoms with Crippen LogP contribution < -0.4 is 0 Å². The number of hydrogen-bond acceptors (Lipinski definition) is 4. The number of nitrogens with zero attached hydrogens (tertiary/aromatic N) is 3. The van der Waals surface area contributed by atoms with Crippen LogP contribution in [0.2, 0.25) is 5.02 Å². The molecule has 0 aromatic heterocycles. The van der Waals surface area contributed by atoms with Gasteiger partial charge in [-0.05, 0) is 54.3 Å². The second kappa shape index (κ2) is 8.66. The van der Waals surface area contributed by atoms with Gasteiger partial charge in [-0.1, -0.05) is 35.9 Å². The number of amides is 1. The van der Waals surface area contributed by atoms with Crippen LogP contribution in [0.15, 0.2) is 47.6 Å². The van der Waals surface area contributed by atoms with Crippen LogP contribution in [0.1, 0.15) is 34.7 Å². The molecule has 1 amide bonds. The lowest BCUT2D eigenvalue weighted by molar-refractivity contribution is -0.135. The van der Waals surface area contributed by atoms with Crippen LogP contribution >= 0.6 is 11.6 Å². The highest BCUT2D eigenvalue weighted by atomic mass is 35.5. The molecule has 29 heavy (non-hydrogen) atoms. The fourth-order valence-corrected chi connectivity index (χ4v) is 3.93. The van der Waals surface area contributed by atoms with Crippen molar-refractivity contribution in [3.63, 3.8) is 0 Å². The van der Waals surface area contributed by atoms with Crippen LogP contribution in [-0.2, 0) is 9.53 Å². The normalized spacial score (nSPS) is 20.0. The molecule has 4 rings (SSSR count). The summed E-state index contributed by atoms with van der Waals surface area (Å²) in [4.78, 5) is 15.3. The van der Waals surface area contributed by atoms with Crippen molar-refractivity contribution in [3.05, 3.63) is 69.7 Å². The molecule has 0 radical (unpaired) electrons. The van der Waals surface area contributed by atoms with Crippen LogP contribution in [0.4, 0.5) is 0 Å². The van der Waals surface area contributed by atoms with Gasteiger partial charge in [-0.3, -0.25) is 9.69 Å². The van der Waals surface area contributed by atoms with Gasteiger partial charge in [0.2, 0.25) is 0 Å². The van der Waals surface area contributed by atoms with E-state index in [-0.39, 0.29) is 11.9 Å². The Morgan fingerprint density at radius 1 is 1.10 bits per heavy atom. The molecular weight excluding hydrogens is 386 g/mol. The van der Waals surface area contributed by atoms with Crippen LogP contribution in [0.3, 0.4) is 0 Å². The predicted octanol–water partition coefficient (Wildman–Crippen LogP) is 3.97. The Bertz CT molecular complexity index is 920. The lowest BCUT2D eigenvalue weighted by atomic mass is 9.96. The van der Waals surface area contributed by atoms with Crippen LogP contribution in [0, 0.1) is 13.8 Å². The molecule has 0 N–H and O–H groups in total. The highest BCUT2D eigenvalue weighted by Gasteiger charge is 2.34. The van der Waals surface area contributed by atoms with E-state index in [1.165, 1.54) is 11.1 Å². The summed E-state index contributed by atoms with van der Waals surface area (Å²) in [7, 11) is 0. The summed E-state index contributed by atoms with van der Waals surface area (Å²) in [6.45, 7) is 7.46. The molecule has 1 atom stereocenters. The number of morpholine rings is 1. The van der Waals surface area contributed by atoms with E-state index in [0.717, 1.165) is 29.9 Å². The van der Waals surface area contributed by atoms with Crippen LogP contribution in [0.25, 0.3) is 0 Å². The Morgan fingerprint density at radius 2 is 1.83 bits per heavy atom. The molecule has 6 heteroatoms. The minimum absolute atomic E-state index is 0.0192. The van der Waals surface area contributed by atoms with Crippen molar-refractivity contribution >= 4 is 23.2 Å². The maximum atomic E-state index is 13.2. The van der Waals surface area contributed by atoms with E-state index < -0.39 is 0 Å². The van der Waals surface area contributed by atoms with Crippen molar-refractivity contribution in [2.45, 2.75) is 26.3 Å². The predicted molar refractivity (Wildman–Crippen MR) is 115 cm³/mol. The molecule has 2 heterocycles. The first kappa shape index (κ1) is 20.1. The molecule has 0 spiro atoms. The average molecular weight is 412 g/mol. The van der Waals surface area contributed by atoms with E-state index in [4.69, 9.17) is 21.4 Å². The van der Waals surface area contributed by atoms with E-state index in [1.54, 1.807) is 5.01 Å². The van der Waals surface area contributed by atoms with Gasteiger partial charge in [0.15, 0.2) is 0 Å². The van der Waals surface area contributed by atoms with Gasteiger partial charge in [0.1, 0.15) is 0 Å². The minimum Gasteiger partial charge on any atom is -0.379 e. The summed E-state index contributed by atoms with van der Waals surface area (Å²) in [6.07, 6.45) is 0.693. The Morgan fingerprint density at radius 3 is 2.52 bits per heavy atom. The number of hydrogen-bond donors (Lipinski definition) is 0. The Labute approximate surface area is 176 Å². The van der Waals surface area contributed by atoms with E-state index in [2.05, 4.69) is 36.9 Å². The average Bonchev–Trinajstić information content (AvgIpc) is 3.17. The quantitative estimate of drug-likeness (QED) is 0.764. The Hall–Kier alpha value is -2.21. The van der Waals surface area contributed by atoms with Crippen molar-refractivity contribution in [1.82, 2.24) is 9.91 Å². The highest BCUT2D eigenvalue weighted by molar-refractivity contribution is 6.30. The number of benzene rings is 2. The van der Waals surface area contributed by atoms with Crippen LogP contribution in [-0.4, -0.2) is 54.4 Å². The second-order valence-electron chi connectivity index (χ2n) is 7.74. The SMILES string of the molecule is Cc1ccc(C2=NN(C(=O)CN3CCOCC3)[C@@H](c3ccc(Cl)cc3)C2)cc1C. The number of ether oxygens (including phenoxy) is 1. The molecule has 2 aliphatic heterocycles. The zero-order valence-corrected chi connectivity index (χ0v) is 17.7. The zero-order chi connectivity index (χ0) is 20.4. The third-order valence-corrected chi connectivity index (χ3v) is 5.98. The third kappa shape index (κ3) is 4.53. The maximum Gasteiger partial charge on any atom is 0.257 e. The zero-order valence-electron chi connectivity index (χ0n) is 16.9. The smallest absolute Gasteiger partial charge is 0.257 e. The number of carbonyl (C=O) groups excluding carboxylic acids is 1. The summed E-state index contributed by atoms with van der Waals surface area (Å²) in [5.74, 6) is 0.0192. The molecule has 152 valence electrons. The number of rotatable bonds is 4. The molecule has 0 unspecified atom stereocenters. The van der Waals surface area contributed by atoms with E-state index in [0.29, 0.717) is 31.2 Å². The summed E-state index contributed by atoms with van der Waals surface area (Å²) >= 11 is 6.08. The van der Waals surface area contributed by atoms with Gasteiger partial charge in [0, 0.05) is 24.5 Å². The Balaban J connectivity index is 1.61. The number of aryl methyl sites for hydroxylation is 2. The van der Waals surface area contributed by atoms with Crippen LogP contribution in [0.5, 0.6) is 0 Å². The summed E-state index contributed by atoms with van der Waals surface area (Å²) in [5.41, 5.74) is 5.55. The molecule has 2 aromatic rings. The lowest BCUT2D eigenvalue weighted by Gasteiger charge is -2.29. The topological polar surface area (TPSA) is 45.1 Å². The van der Waals surface area contributed by atoms with Gasteiger partial charge in [-0.15, -0.1) is 0 Å². The van der Waals surface area contributed by atoms with Gasteiger partial charge >= 0.3 is 0 Å². The second-order valence-corrected chi connectivity index (χ2v) is 8.18. The molecule has 0 aliphatic carbocycles. The van der Waals surface area contributed by atoms with Crippen molar-refractivity contribution in [2.75, 3.05) is 32.8 Å². The molecule has 1 fully saturated rings. The van der Waals surface area contributed by atoms with E-state index in [9.17, 15) is 4.79 Å². The standard InChI is InChI=1S/C23H26ClN3O2/c1-16-3-4-19(13-17(16)2)21-14-22(18-5-7-20(24)8-6-18)27(25-21)23(28)15-26-9-11-29-12-10-26/h3-8,13,22H,9-12,14-15H2,1-2H3/t22-/m1/s1. The molecule has 5 nitrogen and oxygen atoms in total. The minimum atomic E-state index is -0.114. The fraction of sp³-hybridized carbons (Fsp3) is 0.391. The first-order chi connectivity index (χ1) is 14.0. The number of halogens is 1. The molecule has 2 aromatic carbocycles. The molecular formula is C23H26ClN3O2. The maximum absolute atomic E-state index is 13.2. The number of hydrazone groups is 1. The third-order valence-electron chi connectivity index (χ3n) is 5.72. The lowest BCUT2D eigenvalue weighted by Crippen LogP contribution is -2.43. The molecule has 1 saturated heterocycles. The number of carbonyl (C=O) groups is 1. The molecule has 0 saturated carbocycles. The van der Waals surface area contributed by atoms with E-state index >= 15 is 0 Å². The molecule has 2 aliphatic rings. The highest BCUT2D eigenvalue weighted by Crippen LogP contribution is 2.33. The summed E-state index contributed by atoms with van der Waals surface area (Å²) in [6, 6.07) is 14.0. The van der Waals surface area contributed by atoms with E-state index in [1.807, 2.05) is 24.3 Å².